The van der Waals surface area contributed by atoms with Gasteiger partial charge in [0.05, 0.1) is 23.4 Å². The molecule has 1 aliphatic rings. The third-order valence-corrected chi connectivity index (χ3v) is 5.06. The summed E-state index contributed by atoms with van der Waals surface area (Å²) in [7, 11) is 0. The molecule has 2 aromatic carbocycles. The van der Waals surface area contributed by atoms with Gasteiger partial charge in [0, 0.05) is 15.4 Å². The Morgan fingerprint density at radius 1 is 1.12 bits per heavy atom. The first-order chi connectivity index (χ1) is 12.5. The van der Waals surface area contributed by atoms with Crippen LogP contribution < -0.4 is 11.1 Å². The first kappa shape index (κ1) is 18.0. The molecule has 0 radical (unpaired) electrons. The lowest BCUT2D eigenvalue weighted by atomic mass is 10.1. The van der Waals surface area contributed by atoms with E-state index < -0.39 is 11.9 Å². The van der Waals surface area contributed by atoms with Gasteiger partial charge in [0.25, 0.3) is 5.91 Å². The lowest BCUT2D eigenvalue weighted by Crippen LogP contribution is -2.14. The fourth-order valence-corrected chi connectivity index (χ4v) is 3.54. The van der Waals surface area contributed by atoms with E-state index >= 15 is 0 Å². The Kier molecular flexibility index (Phi) is 5.27. The number of primary amides is 1. The normalized spacial score (nSPS) is 12.4. The number of unbranched alkanes of at least 4 members (excludes halogenated alkanes) is 1. The predicted molar refractivity (Wildman–Crippen MR) is 98.7 cm³/mol. The molecular formula is C19H18N2O4S. The highest BCUT2D eigenvalue weighted by atomic mass is 32.2. The molecule has 0 spiro atoms. The van der Waals surface area contributed by atoms with Crippen LogP contribution >= 0.6 is 11.8 Å². The second-order valence-electron chi connectivity index (χ2n) is 5.83. The van der Waals surface area contributed by atoms with Gasteiger partial charge in [0.15, 0.2) is 0 Å². The molecule has 7 heteroatoms. The monoisotopic (exact) mass is 370 g/mol. The zero-order valence-electron chi connectivity index (χ0n) is 14.2. The van der Waals surface area contributed by atoms with Crippen LogP contribution in [0.4, 0.5) is 5.69 Å². The number of nitrogens with one attached hydrogen (secondary N) is 1. The maximum absolute atomic E-state index is 12.5. The Morgan fingerprint density at radius 3 is 2.62 bits per heavy atom. The largest absolute Gasteiger partial charge is 0.462 e. The van der Waals surface area contributed by atoms with Gasteiger partial charge in [-0.05, 0) is 42.8 Å². The molecule has 26 heavy (non-hydrogen) atoms. The third kappa shape index (κ3) is 3.72. The van der Waals surface area contributed by atoms with Gasteiger partial charge in [-0.2, -0.15) is 0 Å². The minimum absolute atomic E-state index is 0.307. The topological polar surface area (TPSA) is 98.5 Å². The molecule has 3 rings (SSSR count). The number of esters is 1. The zero-order valence-corrected chi connectivity index (χ0v) is 15.0. The molecule has 1 heterocycles. The number of carbonyl (C=O) groups is 3. The van der Waals surface area contributed by atoms with Gasteiger partial charge in [-0.3, -0.25) is 9.59 Å². The van der Waals surface area contributed by atoms with Gasteiger partial charge < -0.3 is 15.8 Å². The van der Waals surface area contributed by atoms with Crippen molar-refractivity contribution in [3.8, 4) is 0 Å². The highest BCUT2D eigenvalue weighted by Crippen LogP contribution is 2.39. The number of carbonyl (C=O) groups excluding carboxylic acids is 3. The van der Waals surface area contributed by atoms with Gasteiger partial charge >= 0.3 is 5.97 Å². The molecule has 0 bridgehead atoms. The highest BCUT2D eigenvalue weighted by Gasteiger charge is 2.22. The summed E-state index contributed by atoms with van der Waals surface area (Å²) in [5.41, 5.74) is 7.01. The molecule has 134 valence electrons. The summed E-state index contributed by atoms with van der Waals surface area (Å²) in [5.74, 6) is -1.28. The van der Waals surface area contributed by atoms with Crippen molar-refractivity contribution >= 4 is 35.2 Å². The van der Waals surface area contributed by atoms with Crippen LogP contribution in [0, 0.1) is 0 Å². The summed E-state index contributed by atoms with van der Waals surface area (Å²) in [6.45, 7) is 2.39. The zero-order chi connectivity index (χ0) is 18.7. The second-order valence-corrected chi connectivity index (χ2v) is 6.92. The maximum atomic E-state index is 12.5. The molecule has 0 atom stereocenters. The first-order valence-electron chi connectivity index (χ1n) is 8.24. The van der Waals surface area contributed by atoms with Crippen molar-refractivity contribution in [3.63, 3.8) is 0 Å². The number of amides is 2. The van der Waals surface area contributed by atoms with Crippen molar-refractivity contribution < 1.29 is 19.1 Å². The highest BCUT2D eigenvalue weighted by molar-refractivity contribution is 7.99. The number of nitrogens with two attached hydrogens (primary N) is 1. The van der Waals surface area contributed by atoms with Crippen LogP contribution in [0.1, 0.15) is 50.8 Å². The maximum Gasteiger partial charge on any atom is 0.338 e. The SMILES string of the molecule is CCCCOC(=O)c1ccc2c(c1)NC(=O)c1ccc(C(N)=O)cc1S2. The molecule has 1 aliphatic heterocycles. The van der Waals surface area contributed by atoms with Gasteiger partial charge in [0.2, 0.25) is 5.91 Å². The summed E-state index contributed by atoms with van der Waals surface area (Å²) < 4.78 is 5.21. The van der Waals surface area contributed by atoms with Crippen LogP contribution in [0.2, 0.25) is 0 Å². The molecule has 0 saturated heterocycles. The van der Waals surface area contributed by atoms with E-state index in [-0.39, 0.29) is 5.91 Å². The molecular weight excluding hydrogens is 352 g/mol. The average molecular weight is 370 g/mol. The Balaban J connectivity index is 1.90. The number of ether oxygens (including phenoxy) is 1. The Hall–Kier alpha value is -2.80. The van der Waals surface area contributed by atoms with Crippen LogP contribution in [0.25, 0.3) is 0 Å². The van der Waals surface area contributed by atoms with Gasteiger partial charge in [0.1, 0.15) is 0 Å². The molecule has 2 aromatic rings. The van der Waals surface area contributed by atoms with E-state index in [1.807, 2.05) is 6.92 Å². The fraction of sp³-hybridized carbons (Fsp3) is 0.211. The van der Waals surface area contributed by atoms with E-state index in [0.29, 0.717) is 33.9 Å². The minimum Gasteiger partial charge on any atom is -0.462 e. The quantitative estimate of drug-likeness (QED) is 0.620. The van der Waals surface area contributed by atoms with Crippen molar-refractivity contribution in [2.75, 3.05) is 11.9 Å². The van der Waals surface area contributed by atoms with Crippen molar-refractivity contribution in [1.29, 1.82) is 0 Å². The molecule has 2 amide bonds. The summed E-state index contributed by atoms with van der Waals surface area (Å²) in [6, 6.07) is 9.72. The van der Waals surface area contributed by atoms with Crippen molar-refractivity contribution in [1.82, 2.24) is 0 Å². The Morgan fingerprint density at radius 2 is 1.88 bits per heavy atom. The van der Waals surface area contributed by atoms with Crippen LogP contribution in [0.5, 0.6) is 0 Å². The molecule has 3 N–H and O–H groups in total. The van der Waals surface area contributed by atoms with Crippen molar-refractivity contribution in [3.05, 3.63) is 53.1 Å². The lowest BCUT2D eigenvalue weighted by molar-refractivity contribution is 0.0499. The third-order valence-electron chi connectivity index (χ3n) is 3.93. The molecule has 6 nitrogen and oxygen atoms in total. The van der Waals surface area contributed by atoms with Crippen molar-refractivity contribution in [2.45, 2.75) is 29.6 Å². The van der Waals surface area contributed by atoms with Gasteiger partial charge in [-0.25, -0.2) is 4.79 Å². The van der Waals surface area contributed by atoms with Crippen molar-refractivity contribution in [2.24, 2.45) is 5.73 Å². The molecule has 0 aliphatic carbocycles. The second kappa shape index (κ2) is 7.61. The summed E-state index contributed by atoms with van der Waals surface area (Å²) >= 11 is 1.34. The van der Waals surface area contributed by atoms with E-state index in [1.165, 1.54) is 17.8 Å². The summed E-state index contributed by atoms with van der Waals surface area (Å²) in [4.78, 5) is 37.4. The van der Waals surface area contributed by atoms with Crippen LogP contribution in [0.3, 0.4) is 0 Å². The minimum atomic E-state index is -0.552. The lowest BCUT2D eigenvalue weighted by Gasteiger charge is -2.09. The van der Waals surface area contributed by atoms with Gasteiger partial charge in [-0.1, -0.05) is 25.1 Å². The summed E-state index contributed by atoms with van der Waals surface area (Å²) in [6.07, 6.45) is 1.75. The molecule has 0 fully saturated rings. The van der Waals surface area contributed by atoms with Gasteiger partial charge in [-0.15, -0.1) is 0 Å². The van der Waals surface area contributed by atoms with E-state index in [4.69, 9.17) is 10.5 Å². The average Bonchev–Trinajstić information content (AvgIpc) is 2.76. The fourth-order valence-electron chi connectivity index (χ4n) is 2.49. The summed E-state index contributed by atoms with van der Waals surface area (Å²) in [5, 5.41) is 2.81. The van der Waals surface area contributed by atoms with E-state index in [9.17, 15) is 14.4 Å². The van der Waals surface area contributed by atoms with E-state index in [2.05, 4.69) is 5.32 Å². The number of anilines is 1. The Labute approximate surface area is 155 Å². The standard InChI is InChI=1S/C19H18N2O4S/c1-2-3-8-25-19(24)12-5-7-15-14(9-12)21-18(23)13-6-4-11(17(20)22)10-16(13)26-15/h4-7,9-10H,2-3,8H2,1H3,(H2,20,22)(H,21,23). The first-order valence-corrected chi connectivity index (χ1v) is 9.05. The van der Waals surface area contributed by atoms with Crippen LogP contribution in [-0.2, 0) is 4.74 Å². The number of hydrogen-bond donors (Lipinski definition) is 2. The van der Waals surface area contributed by atoms with E-state index in [1.54, 1.807) is 30.3 Å². The number of hydrogen-bond acceptors (Lipinski definition) is 5. The number of benzene rings is 2. The van der Waals surface area contributed by atoms with Crippen LogP contribution in [-0.4, -0.2) is 24.4 Å². The molecule has 0 unspecified atom stereocenters. The number of fused-ring (bicyclic) bond motifs is 2. The Bertz CT molecular complexity index is 895. The smallest absolute Gasteiger partial charge is 0.338 e. The molecule has 0 saturated carbocycles. The van der Waals surface area contributed by atoms with E-state index in [0.717, 1.165) is 17.7 Å². The number of rotatable bonds is 5. The molecule has 0 aromatic heterocycles. The van der Waals surface area contributed by atoms with Crippen LogP contribution in [0.15, 0.2) is 46.2 Å². The predicted octanol–water partition coefficient (Wildman–Crippen LogP) is 3.46.